The number of halogens is 2. The molecule has 0 spiro atoms. The molecule has 5 rings (SSSR count). The van der Waals surface area contributed by atoms with E-state index in [2.05, 4.69) is 88.9 Å². The molecule has 2 atom stereocenters. The minimum Gasteiger partial charge on any atom is -0.744 e. The molecule has 0 aliphatic carbocycles. The van der Waals surface area contributed by atoms with Gasteiger partial charge in [0.05, 0.1) is 21.6 Å². The fourth-order valence-corrected chi connectivity index (χ4v) is 11.5. The second-order valence-corrected chi connectivity index (χ2v) is 20.6. The standard InChI is InChI=1S/C41H47I2N3O10S2/c1-6-7-15-32(39(49)56-46-36(47)20-21-37(46)48)45-31-19-18-28(58(53,54)55)26-29(31)41(4,22-13-14-23-57(50,51)52)35(45)17-12-10-8-9-11-16-34-40(2,3)38-30(43)24-27(42)25-33(38)44(34)5/h8-12,16-19,24-26,32H,6-7,13-15,20-23H2,1-5H3,(H-,50,51,52,53,54,55). The summed E-state index contributed by atoms with van der Waals surface area (Å²) in [4.78, 5) is 45.7. The van der Waals surface area contributed by atoms with E-state index in [9.17, 15) is 40.3 Å². The summed E-state index contributed by atoms with van der Waals surface area (Å²) in [5.74, 6) is -2.65. The number of carbonyl (C=O) groups is 3. The van der Waals surface area contributed by atoms with Crippen molar-refractivity contribution in [3.63, 3.8) is 0 Å². The topological polar surface area (TPSA) is 182 Å². The number of carbonyl (C=O) groups excluding carboxylic acids is 3. The summed E-state index contributed by atoms with van der Waals surface area (Å²) in [6.45, 7) is 8.14. The van der Waals surface area contributed by atoms with Crippen molar-refractivity contribution in [3.8, 4) is 0 Å². The van der Waals surface area contributed by atoms with E-state index in [0.717, 1.165) is 15.3 Å². The molecule has 0 aromatic heterocycles. The Kier molecular flexibility index (Phi) is 14.4. The molecular weight excluding hydrogens is 1010 g/mol. The number of hydroxylamine groups is 2. The molecule has 17 heteroatoms. The number of anilines is 1. The van der Waals surface area contributed by atoms with Gasteiger partial charge in [-0.3, -0.25) is 14.1 Å². The Bertz CT molecular complexity index is 2370. The number of rotatable bonds is 16. The SMILES string of the molecule is CCCCC(C(=O)ON1C(=O)CCC1=O)N1\C(=C/C=C/C=C/C=C/C2=[N+](C)c3cc(I)cc(I)c3C2(C)C)C(C)(CCCCS(=O)(=O)O)c2cc(S(=O)(=O)[O-])ccc21. The lowest BCUT2D eigenvalue weighted by Crippen LogP contribution is -2.46. The van der Waals surface area contributed by atoms with E-state index in [1.807, 2.05) is 32.1 Å². The molecule has 3 aliphatic rings. The van der Waals surface area contributed by atoms with Gasteiger partial charge in [-0.15, -0.1) is 5.06 Å². The molecule has 2 aromatic carbocycles. The zero-order valence-corrected chi connectivity index (χ0v) is 38.9. The van der Waals surface area contributed by atoms with E-state index in [4.69, 9.17) is 4.84 Å². The van der Waals surface area contributed by atoms with E-state index in [-0.39, 0.29) is 43.9 Å². The molecule has 0 saturated carbocycles. The summed E-state index contributed by atoms with van der Waals surface area (Å²) in [6, 6.07) is 7.15. The van der Waals surface area contributed by atoms with E-state index in [0.29, 0.717) is 34.9 Å². The number of hydrogen-bond donors (Lipinski definition) is 1. The van der Waals surface area contributed by atoms with Crippen LogP contribution in [0.4, 0.5) is 11.4 Å². The molecular formula is C41H47I2N3O10S2. The van der Waals surface area contributed by atoms with E-state index < -0.39 is 60.1 Å². The maximum atomic E-state index is 14.1. The van der Waals surface area contributed by atoms with Crippen LogP contribution in [0.5, 0.6) is 0 Å². The van der Waals surface area contributed by atoms with Gasteiger partial charge in [-0.2, -0.15) is 13.0 Å². The van der Waals surface area contributed by atoms with Crippen molar-refractivity contribution in [2.75, 3.05) is 17.7 Å². The van der Waals surface area contributed by atoms with Gasteiger partial charge >= 0.3 is 5.97 Å². The summed E-state index contributed by atoms with van der Waals surface area (Å²) in [7, 11) is -7.11. The molecule has 1 N–H and O–H groups in total. The largest absolute Gasteiger partial charge is 0.744 e. The van der Waals surface area contributed by atoms with Crippen LogP contribution in [0.25, 0.3) is 0 Å². The predicted octanol–water partition coefficient (Wildman–Crippen LogP) is 7.36. The first kappa shape index (κ1) is 45.8. The lowest BCUT2D eigenvalue weighted by Gasteiger charge is -2.34. The Morgan fingerprint density at radius 2 is 1.64 bits per heavy atom. The number of nitrogens with zero attached hydrogens (tertiary/aromatic N) is 3. The zero-order chi connectivity index (χ0) is 42.8. The van der Waals surface area contributed by atoms with Crippen molar-refractivity contribution in [2.45, 2.75) is 101 Å². The average Bonchev–Trinajstić information content (AvgIpc) is 3.64. The normalized spacial score (nSPS) is 20.7. The maximum Gasteiger partial charge on any atom is 0.355 e. The van der Waals surface area contributed by atoms with Crippen molar-refractivity contribution < 1.29 is 49.7 Å². The minimum absolute atomic E-state index is 0.0798. The van der Waals surface area contributed by atoms with Gasteiger partial charge in [0.1, 0.15) is 23.2 Å². The van der Waals surface area contributed by atoms with Crippen molar-refractivity contribution >= 4 is 100 Å². The lowest BCUT2D eigenvalue weighted by molar-refractivity contribution is -0.401. The van der Waals surface area contributed by atoms with Crippen LogP contribution in [0.15, 0.2) is 83.5 Å². The first-order chi connectivity index (χ1) is 27.1. The van der Waals surface area contributed by atoms with Crippen molar-refractivity contribution in [3.05, 3.63) is 96.8 Å². The van der Waals surface area contributed by atoms with Gasteiger partial charge in [0.15, 0.2) is 5.71 Å². The molecule has 2 amide bonds. The van der Waals surface area contributed by atoms with Gasteiger partial charge in [-0.1, -0.05) is 56.6 Å². The summed E-state index contributed by atoms with van der Waals surface area (Å²) in [5.41, 5.74) is 3.58. The monoisotopic (exact) mass is 1060 g/mol. The van der Waals surface area contributed by atoms with Crippen LogP contribution in [-0.4, -0.2) is 77.9 Å². The molecule has 2 unspecified atom stereocenters. The predicted molar refractivity (Wildman–Crippen MR) is 236 cm³/mol. The Morgan fingerprint density at radius 3 is 2.28 bits per heavy atom. The van der Waals surface area contributed by atoms with Crippen molar-refractivity contribution in [1.29, 1.82) is 0 Å². The highest BCUT2D eigenvalue weighted by molar-refractivity contribution is 14.1. The molecule has 1 fully saturated rings. The summed E-state index contributed by atoms with van der Waals surface area (Å²) >= 11 is 4.72. The van der Waals surface area contributed by atoms with E-state index in [1.165, 1.54) is 27.0 Å². The van der Waals surface area contributed by atoms with E-state index >= 15 is 0 Å². The molecule has 0 bridgehead atoms. The second kappa shape index (κ2) is 18.2. The molecule has 58 heavy (non-hydrogen) atoms. The number of amides is 2. The number of benzene rings is 2. The van der Waals surface area contributed by atoms with Crippen LogP contribution >= 0.6 is 45.2 Å². The lowest BCUT2D eigenvalue weighted by atomic mass is 9.77. The third-order valence-corrected chi connectivity index (χ3v) is 14.0. The van der Waals surface area contributed by atoms with Gasteiger partial charge in [0.25, 0.3) is 21.9 Å². The molecule has 312 valence electrons. The molecule has 3 heterocycles. The Hall–Kier alpha value is -3.24. The maximum absolute atomic E-state index is 14.1. The molecule has 0 radical (unpaired) electrons. The Balaban J connectivity index is 1.55. The Morgan fingerprint density at radius 1 is 0.983 bits per heavy atom. The van der Waals surface area contributed by atoms with Crippen LogP contribution in [0.1, 0.15) is 90.2 Å². The fraction of sp³-hybridized carbons (Fsp3) is 0.415. The van der Waals surface area contributed by atoms with Gasteiger partial charge in [-0.25, -0.2) is 13.2 Å². The number of allylic oxidation sites excluding steroid dienone is 8. The molecule has 1 saturated heterocycles. The van der Waals surface area contributed by atoms with E-state index in [1.54, 1.807) is 23.1 Å². The number of imide groups is 1. The van der Waals surface area contributed by atoms with Gasteiger partial charge in [0.2, 0.25) is 5.69 Å². The summed E-state index contributed by atoms with van der Waals surface area (Å²) in [5, 5.41) is 0.490. The van der Waals surface area contributed by atoms with Gasteiger partial charge < -0.3 is 14.3 Å². The highest BCUT2D eigenvalue weighted by atomic mass is 127. The third kappa shape index (κ3) is 9.86. The van der Waals surface area contributed by atoms with Crippen LogP contribution < -0.4 is 4.90 Å². The smallest absolute Gasteiger partial charge is 0.355 e. The fourth-order valence-electron chi connectivity index (χ4n) is 7.97. The van der Waals surface area contributed by atoms with Crippen molar-refractivity contribution in [2.24, 2.45) is 0 Å². The van der Waals surface area contributed by atoms with Crippen LogP contribution in [0.2, 0.25) is 0 Å². The van der Waals surface area contributed by atoms with Gasteiger partial charge in [0, 0.05) is 48.9 Å². The van der Waals surface area contributed by atoms with Crippen LogP contribution in [0, 0.1) is 7.14 Å². The number of hydrogen-bond acceptors (Lipinski definition) is 10. The minimum atomic E-state index is -4.91. The molecule has 13 nitrogen and oxygen atoms in total. The Labute approximate surface area is 367 Å². The highest BCUT2D eigenvalue weighted by Crippen LogP contribution is 2.53. The first-order valence-corrected chi connectivity index (χ1v) is 24.0. The highest BCUT2D eigenvalue weighted by Gasteiger charge is 2.49. The number of unbranched alkanes of at least 4 members (excludes halogenated alkanes) is 2. The average molecular weight is 1060 g/mol. The zero-order valence-electron chi connectivity index (χ0n) is 32.9. The van der Waals surface area contributed by atoms with Crippen LogP contribution in [-0.2, 0) is 50.3 Å². The second-order valence-electron chi connectivity index (χ2n) is 15.3. The summed E-state index contributed by atoms with van der Waals surface area (Å²) < 4.78 is 74.0. The van der Waals surface area contributed by atoms with Gasteiger partial charge in [-0.05, 0) is 121 Å². The summed E-state index contributed by atoms with van der Waals surface area (Å²) in [6.07, 6.45) is 14.9. The third-order valence-electron chi connectivity index (χ3n) is 10.8. The first-order valence-electron chi connectivity index (χ1n) is 18.9. The molecule has 2 aromatic rings. The number of fused-ring (bicyclic) bond motifs is 2. The van der Waals surface area contributed by atoms with Crippen molar-refractivity contribution in [1.82, 2.24) is 5.06 Å². The molecule has 3 aliphatic heterocycles. The quantitative estimate of drug-likeness (QED) is 0.0443. The van der Waals surface area contributed by atoms with Crippen LogP contribution in [0.3, 0.4) is 0 Å².